The van der Waals surface area contributed by atoms with Crippen LogP contribution in [0.3, 0.4) is 0 Å². The second-order valence-corrected chi connectivity index (χ2v) is 5.85. The Hall–Kier alpha value is -2.43. The lowest BCUT2D eigenvalue weighted by molar-refractivity contribution is 0.0997. The molecule has 6 heteroatoms. The molecule has 24 heavy (non-hydrogen) atoms. The van der Waals surface area contributed by atoms with E-state index in [1.807, 2.05) is 12.1 Å². The van der Waals surface area contributed by atoms with Gasteiger partial charge >= 0.3 is 0 Å². The zero-order chi connectivity index (χ0) is 17.1. The molecule has 1 heterocycles. The number of benzene rings is 2. The molecule has 2 aromatic carbocycles. The van der Waals surface area contributed by atoms with Crippen LogP contribution in [0.1, 0.15) is 10.6 Å². The monoisotopic (exact) mass is 361 g/mol. The fourth-order valence-corrected chi connectivity index (χ4v) is 2.58. The van der Waals surface area contributed by atoms with Crippen LogP contribution in [0.15, 0.2) is 59.0 Å². The van der Waals surface area contributed by atoms with Crippen LogP contribution in [0.5, 0.6) is 5.75 Å². The number of methoxy groups -OCH3 is 1. The molecule has 0 bridgehead atoms. The van der Waals surface area contributed by atoms with Crippen molar-refractivity contribution in [3.05, 3.63) is 70.4 Å². The number of rotatable bonds is 4. The number of carbonyl (C=O) groups is 1. The third-order valence-corrected chi connectivity index (χ3v) is 3.82. The molecule has 3 aromatic rings. The molecule has 1 aromatic heterocycles. The van der Waals surface area contributed by atoms with Crippen LogP contribution < -0.4 is 10.1 Å². The number of anilines is 1. The fraction of sp³-hybridized carbons (Fsp3) is 0.0556. The van der Waals surface area contributed by atoms with E-state index in [2.05, 4.69) is 5.32 Å². The van der Waals surface area contributed by atoms with Gasteiger partial charge in [-0.25, -0.2) is 0 Å². The minimum atomic E-state index is -0.399. The first-order valence-electron chi connectivity index (χ1n) is 7.07. The van der Waals surface area contributed by atoms with Gasteiger partial charge < -0.3 is 14.5 Å². The van der Waals surface area contributed by atoms with Crippen molar-refractivity contribution in [2.24, 2.45) is 0 Å². The number of amides is 1. The number of halogens is 2. The first-order valence-corrected chi connectivity index (χ1v) is 7.83. The molecule has 0 radical (unpaired) electrons. The Morgan fingerprint density at radius 1 is 1.04 bits per heavy atom. The molecule has 0 aliphatic rings. The number of ether oxygens (including phenoxy) is 1. The van der Waals surface area contributed by atoms with Gasteiger partial charge in [0.1, 0.15) is 11.5 Å². The zero-order valence-electron chi connectivity index (χ0n) is 12.7. The predicted molar refractivity (Wildman–Crippen MR) is 95.1 cm³/mol. The molecule has 3 rings (SSSR count). The van der Waals surface area contributed by atoms with Gasteiger partial charge in [0.05, 0.1) is 12.8 Å². The lowest BCUT2D eigenvalue weighted by Crippen LogP contribution is -2.11. The molecule has 0 fully saturated rings. The lowest BCUT2D eigenvalue weighted by Gasteiger charge is -2.09. The third kappa shape index (κ3) is 3.55. The van der Waals surface area contributed by atoms with Gasteiger partial charge in [0, 0.05) is 15.6 Å². The van der Waals surface area contributed by atoms with Gasteiger partial charge in [-0.2, -0.15) is 0 Å². The number of furan rings is 1. The Morgan fingerprint density at radius 3 is 2.58 bits per heavy atom. The van der Waals surface area contributed by atoms with Crippen LogP contribution in [-0.2, 0) is 0 Å². The minimum Gasteiger partial charge on any atom is -0.495 e. The summed E-state index contributed by atoms with van der Waals surface area (Å²) in [7, 11) is 1.52. The summed E-state index contributed by atoms with van der Waals surface area (Å²) in [4.78, 5) is 12.4. The average molecular weight is 362 g/mol. The highest BCUT2D eigenvalue weighted by Gasteiger charge is 2.15. The van der Waals surface area contributed by atoms with E-state index in [1.54, 1.807) is 42.5 Å². The summed E-state index contributed by atoms with van der Waals surface area (Å²) in [5, 5.41) is 3.81. The van der Waals surface area contributed by atoms with Crippen molar-refractivity contribution >= 4 is 34.8 Å². The van der Waals surface area contributed by atoms with E-state index in [0.29, 0.717) is 27.2 Å². The smallest absolute Gasteiger partial charge is 0.291 e. The molecule has 4 nitrogen and oxygen atoms in total. The molecule has 0 unspecified atom stereocenters. The Bertz CT molecular complexity index is 889. The Morgan fingerprint density at radius 2 is 1.83 bits per heavy atom. The highest BCUT2D eigenvalue weighted by molar-refractivity contribution is 6.31. The molecule has 122 valence electrons. The number of carbonyl (C=O) groups excluding carboxylic acids is 1. The van der Waals surface area contributed by atoms with E-state index in [0.717, 1.165) is 5.56 Å². The maximum atomic E-state index is 12.4. The second-order valence-electron chi connectivity index (χ2n) is 4.97. The van der Waals surface area contributed by atoms with E-state index in [9.17, 15) is 4.79 Å². The summed E-state index contributed by atoms with van der Waals surface area (Å²) in [5.74, 6) is 0.839. The van der Waals surface area contributed by atoms with Crippen LogP contribution in [0.25, 0.3) is 11.3 Å². The average Bonchev–Trinajstić information content (AvgIpc) is 3.05. The van der Waals surface area contributed by atoms with Gasteiger partial charge in [0.25, 0.3) is 5.91 Å². The first kappa shape index (κ1) is 16.4. The van der Waals surface area contributed by atoms with Crippen LogP contribution in [0, 0.1) is 0 Å². The first-order chi connectivity index (χ1) is 11.6. The van der Waals surface area contributed by atoms with E-state index in [-0.39, 0.29) is 5.76 Å². The molecule has 1 N–H and O–H groups in total. The molecule has 0 aliphatic carbocycles. The Kier molecular flexibility index (Phi) is 4.79. The van der Waals surface area contributed by atoms with Crippen molar-refractivity contribution in [1.82, 2.24) is 0 Å². The summed E-state index contributed by atoms with van der Waals surface area (Å²) >= 11 is 11.9. The van der Waals surface area contributed by atoms with Gasteiger partial charge in [-0.1, -0.05) is 35.3 Å². The van der Waals surface area contributed by atoms with Crippen molar-refractivity contribution in [3.8, 4) is 17.1 Å². The van der Waals surface area contributed by atoms with Crippen molar-refractivity contribution in [2.45, 2.75) is 0 Å². The largest absolute Gasteiger partial charge is 0.495 e. The molecular formula is C18H13Cl2NO3. The summed E-state index contributed by atoms with van der Waals surface area (Å²) < 4.78 is 10.8. The highest BCUT2D eigenvalue weighted by atomic mass is 35.5. The van der Waals surface area contributed by atoms with E-state index < -0.39 is 5.91 Å². The zero-order valence-corrected chi connectivity index (χ0v) is 14.2. The standard InChI is InChI=1S/C18H13Cl2NO3/c1-23-16-6-5-13(20)10-14(16)21-18(22)17-8-7-15(24-17)11-3-2-4-12(19)9-11/h2-10H,1H3,(H,21,22). The molecule has 0 aliphatic heterocycles. The van der Waals surface area contributed by atoms with Gasteiger partial charge in [-0.05, 0) is 42.5 Å². The number of hydrogen-bond donors (Lipinski definition) is 1. The number of hydrogen-bond acceptors (Lipinski definition) is 3. The third-order valence-electron chi connectivity index (χ3n) is 3.35. The molecule has 0 saturated carbocycles. The Labute approximate surface area is 149 Å². The van der Waals surface area contributed by atoms with Gasteiger partial charge in [-0.15, -0.1) is 0 Å². The van der Waals surface area contributed by atoms with Crippen molar-refractivity contribution in [1.29, 1.82) is 0 Å². The summed E-state index contributed by atoms with van der Waals surface area (Å²) in [6.45, 7) is 0. The van der Waals surface area contributed by atoms with Gasteiger partial charge in [-0.3, -0.25) is 4.79 Å². The lowest BCUT2D eigenvalue weighted by atomic mass is 10.2. The van der Waals surface area contributed by atoms with E-state index >= 15 is 0 Å². The molecule has 0 spiro atoms. The van der Waals surface area contributed by atoms with Crippen LogP contribution in [-0.4, -0.2) is 13.0 Å². The summed E-state index contributed by atoms with van der Waals surface area (Å²) in [6.07, 6.45) is 0. The normalized spacial score (nSPS) is 10.5. The molecule has 1 amide bonds. The second kappa shape index (κ2) is 6.99. The van der Waals surface area contributed by atoms with Gasteiger partial charge in [0.15, 0.2) is 5.76 Å². The molecular weight excluding hydrogens is 349 g/mol. The quantitative estimate of drug-likeness (QED) is 0.665. The number of nitrogens with one attached hydrogen (secondary N) is 1. The van der Waals surface area contributed by atoms with Crippen molar-refractivity contribution in [3.63, 3.8) is 0 Å². The van der Waals surface area contributed by atoms with E-state index in [4.69, 9.17) is 32.4 Å². The van der Waals surface area contributed by atoms with Gasteiger partial charge in [0.2, 0.25) is 0 Å². The highest BCUT2D eigenvalue weighted by Crippen LogP contribution is 2.29. The Balaban J connectivity index is 1.83. The predicted octanol–water partition coefficient (Wildman–Crippen LogP) is 5.51. The van der Waals surface area contributed by atoms with Crippen LogP contribution in [0.4, 0.5) is 5.69 Å². The minimum absolute atomic E-state index is 0.173. The topological polar surface area (TPSA) is 51.5 Å². The fourth-order valence-electron chi connectivity index (χ4n) is 2.22. The summed E-state index contributed by atoms with van der Waals surface area (Å²) in [6, 6.07) is 15.5. The van der Waals surface area contributed by atoms with E-state index in [1.165, 1.54) is 7.11 Å². The maximum absolute atomic E-state index is 12.4. The van der Waals surface area contributed by atoms with Crippen LogP contribution in [0.2, 0.25) is 10.0 Å². The molecule has 0 atom stereocenters. The van der Waals surface area contributed by atoms with Crippen molar-refractivity contribution < 1.29 is 13.9 Å². The molecule has 0 saturated heterocycles. The maximum Gasteiger partial charge on any atom is 0.291 e. The summed E-state index contributed by atoms with van der Waals surface area (Å²) in [5.41, 5.74) is 1.26. The van der Waals surface area contributed by atoms with Crippen molar-refractivity contribution in [2.75, 3.05) is 12.4 Å². The SMILES string of the molecule is COc1ccc(Cl)cc1NC(=O)c1ccc(-c2cccc(Cl)c2)o1. The van der Waals surface area contributed by atoms with Crippen LogP contribution >= 0.6 is 23.2 Å².